The van der Waals surface area contributed by atoms with Gasteiger partial charge in [0, 0.05) is 29.1 Å². The largest absolute Gasteiger partial charge is 0.497 e. The molecule has 1 aromatic carbocycles. The zero-order valence-corrected chi connectivity index (χ0v) is 21.9. The molecule has 7 nitrogen and oxygen atoms in total. The van der Waals surface area contributed by atoms with Crippen LogP contribution in [0.1, 0.15) is 57.5 Å². The fourth-order valence-electron chi connectivity index (χ4n) is 4.02. The van der Waals surface area contributed by atoms with Crippen molar-refractivity contribution in [3.63, 3.8) is 0 Å². The number of carbonyl (C=O) groups is 2. The smallest absolute Gasteiger partial charge is 0.318 e. The summed E-state index contributed by atoms with van der Waals surface area (Å²) in [5.41, 5.74) is 0.747. The molecule has 2 aromatic rings. The summed E-state index contributed by atoms with van der Waals surface area (Å²) >= 11 is 1.72. The van der Waals surface area contributed by atoms with Gasteiger partial charge in [0.2, 0.25) is 5.91 Å². The summed E-state index contributed by atoms with van der Waals surface area (Å²) in [4.78, 5) is 31.4. The lowest BCUT2D eigenvalue weighted by molar-refractivity contribution is -0.136. The van der Waals surface area contributed by atoms with E-state index in [0.29, 0.717) is 18.9 Å². The summed E-state index contributed by atoms with van der Waals surface area (Å²) in [6, 6.07) is 9.07. The van der Waals surface area contributed by atoms with Crippen LogP contribution in [0.15, 0.2) is 35.7 Å². The van der Waals surface area contributed by atoms with Gasteiger partial charge < -0.3 is 24.6 Å². The number of thiophene rings is 1. The fourth-order valence-corrected chi connectivity index (χ4v) is 4.95. The number of rotatable bonds is 8. The van der Waals surface area contributed by atoms with Crippen LogP contribution in [0, 0.1) is 0 Å². The lowest BCUT2D eigenvalue weighted by Gasteiger charge is -2.38. The van der Waals surface area contributed by atoms with Crippen LogP contribution in [0.5, 0.6) is 11.5 Å². The minimum Gasteiger partial charge on any atom is -0.497 e. The highest BCUT2D eigenvalue weighted by atomic mass is 32.1. The van der Waals surface area contributed by atoms with Crippen molar-refractivity contribution in [3.05, 3.63) is 46.2 Å². The third-order valence-corrected chi connectivity index (χ3v) is 7.03. The molecule has 8 heteroatoms. The highest BCUT2D eigenvalue weighted by molar-refractivity contribution is 7.10. The predicted molar refractivity (Wildman–Crippen MR) is 136 cm³/mol. The Labute approximate surface area is 207 Å². The maximum Gasteiger partial charge on any atom is 0.318 e. The Kier molecular flexibility index (Phi) is 8.47. The zero-order valence-electron chi connectivity index (χ0n) is 21.1. The third kappa shape index (κ3) is 6.44. The lowest BCUT2D eigenvalue weighted by Crippen LogP contribution is -2.55. The normalized spacial score (nSPS) is 16.4. The first kappa shape index (κ1) is 25.9. The van der Waals surface area contributed by atoms with Crippen molar-refractivity contribution < 1.29 is 19.1 Å². The standard InChI is InChI=1S/C26H37N3O4S/c1-7-18(2)29(25(31)27-26(3,4)5)16-24(30)28-13-11-23-21(12-14-34-23)22(28)17-33-20-10-8-9-19(15-20)32-6/h8-10,12,14-15,18,22H,7,11,13,16-17H2,1-6H3,(H,27,31)/t18-,22-/m1/s1. The third-order valence-electron chi connectivity index (χ3n) is 6.04. The molecule has 34 heavy (non-hydrogen) atoms. The molecular weight excluding hydrogens is 450 g/mol. The van der Waals surface area contributed by atoms with E-state index in [2.05, 4.69) is 16.8 Å². The molecule has 2 atom stereocenters. The zero-order chi connectivity index (χ0) is 24.9. The topological polar surface area (TPSA) is 71.1 Å². The Morgan fingerprint density at radius 2 is 2.00 bits per heavy atom. The molecule has 0 saturated heterocycles. The van der Waals surface area contributed by atoms with E-state index in [9.17, 15) is 9.59 Å². The van der Waals surface area contributed by atoms with E-state index in [4.69, 9.17) is 9.47 Å². The number of hydrogen-bond donors (Lipinski definition) is 1. The number of amides is 3. The number of carbonyl (C=O) groups excluding carboxylic acids is 2. The van der Waals surface area contributed by atoms with Gasteiger partial charge in [0.05, 0.1) is 13.2 Å². The maximum absolute atomic E-state index is 13.6. The summed E-state index contributed by atoms with van der Waals surface area (Å²) in [5, 5.41) is 5.07. The minimum atomic E-state index is -0.379. The van der Waals surface area contributed by atoms with Gasteiger partial charge in [-0.25, -0.2) is 4.79 Å². The van der Waals surface area contributed by atoms with Gasteiger partial charge in [0.1, 0.15) is 24.7 Å². The van der Waals surface area contributed by atoms with Crippen molar-refractivity contribution in [1.29, 1.82) is 0 Å². The number of nitrogens with one attached hydrogen (secondary N) is 1. The van der Waals surface area contributed by atoms with Crippen LogP contribution in [0.2, 0.25) is 0 Å². The van der Waals surface area contributed by atoms with Crippen LogP contribution in [0.4, 0.5) is 4.79 Å². The van der Waals surface area contributed by atoms with E-state index in [0.717, 1.165) is 24.2 Å². The van der Waals surface area contributed by atoms with E-state index < -0.39 is 0 Å². The van der Waals surface area contributed by atoms with E-state index in [1.165, 1.54) is 4.88 Å². The summed E-state index contributed by atoms with van der Waals surface area (Å²) in [6.07, 6.45) is 1.58. The predicted octanol–water partition coefficient (Wildman–Crippen LogP) is 4.87. The molecule has 0 bridgehead atoms. The molecule has 1 aliphatic heterocycles. The first-order valence-electron chi connectivity index (χ1n) is 11.8. The summed E-state index contributed by atoms with van der Waals surface area (Å²) in [5.74, 6) is 1.35. The Morgan fingerprint density at radius 1 is 1.26 bits per heavy atom. The molecule has 1 aliphatic rings. The Balaban J connectivity index is 1.79. The van der Waals surface area contributed by atoms with Gasteiger partial charge in [0.25, 0.3) is 0 Å². The monoisotopic (exact) mass is 487 g/mol. The van der Waals surface area contributed by atoms with Gasteiger partial charge in [0.15, 0.2) is 0 Å². The van der Waals surface area contributed by atoms with Crippen LogP contribution < -0.4 is 14.8 Å². The van der Waals surface area contributed by atoms with Crippen molar-refractivity contribution in [2.24, 2.45) is 0 Å². The second kappa shape index (κ2) is 11.1. The molecule has 3 amide bonds. The van der Waals surface area contributed by atoms with Crippen LogP contribution in [-0.4, -0.2) is 60.1 Å². The van der Waals surface area contributed by atoms with Crippen LogP contribution in [0.3, 0.4) is 0 Å². The fraction of sp³-hybridized carbons (Fsp3) is 0.538. The SMILES string of the molecule is CC[C@@H](C)N(CC(=O)N1CCc2sccc2[C@H]1COc1cccc(OC)c1)C(=O)NC(C)(C)C. The number of hydrogen-bond acceptors (Lipinski definition) is 5. The van der Waals surface area contributed by atoms with E-state index in [-0.39, 0.29) is 36.1 Å². The average molecular weight is 488 g/mol. The van der Waals surface area contributed by atoms with Gasteiger partial charge in [-0.15, -0.1) is 11.3 Å². The number of methoxy groups -OCH3 is 1. The summed E-state index contributed by atoms with van der Waals surface area (Å²) in [6.45, 7) is 10.8. The second-order valence-corrected chi connectivity index (χ2v) is 10.7. The summed E-state index contributed by atoms with van der Waals surface area (Å²) < 4.78 is 11.4. The molecular formula is C26H37N3O4S. The highest BCUT2D eigenvalue weighted by Crippen LogP contribution is 2.34. The maximum atomic E-state index is 13.6. The van der Waals surface area contributed by atoms with Crippen molar-refractivity contribution in [2.45, 2.75) is 65.1 Å². The molecule has 0 saturated carbocycles. The van der Waals surface area contributed by atoms with E-state index >= 15 is 0 Å². The molecule has 3 rings (SSSR count). The molecule has 1 N–H and O–H groups in total. The highest BCUT2D eigenvalue weighted by Gasteiger charge is 2.34. The molecule has 0 aliphatic carbocycles. The van der Waals surface area contributed by atoms with Crippen molar-refractivity contribution in [1.82, 2.24) is 15.1 Å². The Bertz CT molecular complexity index is 984. The van der Waals surface area contributed by atoms with E-state index in [1.807, 2.05) is 63.8 Å². The molecule has 0 unspecified atom stereocenters. The number of ether oxygens (including phenoxy) is 2. The van der Waals surface area contributed by atoms with Crippen LogP contribution >= 0.6 is 11.3 Å². The molecule has 2 heterocycles. The number of fused-ring (bicyclic) bond motifs is 1. The number of urea groups is 1. The van der Waals surface area contributed by atoms with Crippen molar-refractivity contribution in [2.75, 3.05) is 26.8 Å². The minimum absolute atomic E-state index is 0.0338. The quantitative estimate of drug-likeness (QED) is 0.577. The summed E-state index contributed by atoms with van der Waals surface area (Å²) in [7, 11) is 1.62. The number of benzene rings is 1. The lowest BCUT2D eigenvalue weighted by atomic mass is 10.00. The second-order valence-electron chi connectivity index (χ2n) is 9.71. The van der Waals surface area contributed by atoms with Gasteiger partial charge in [-0.1, -0.05) is 13.0 Å². The Hall–Kier alpha value is -2.74. The van der Waals surface area contributed by atoms with Gasteiger partial charge in [-0.2, -0.15) is 0 Å². The Morgan fingerprint density at radius 3 is 2.68 bits per heavy atom. The molecule has 0 radical (unpaired) electrons. The first-order valence-corrected chi connectivity index (χ1v) is 12.7. The van der Waals surface area contributed by atoms with Crippen molar-refractivity contribution >= 4 is 23.3 Å². The number of nitrogens with zero attached hydrogens (tertiary/aromatic N) is 2. The molecule has 186 valence electrons. The van der Waals surface area contributed by atoms with Crippen molar-refractivity contribution in [3.8, 4) is 11.5 Å². The van der Waals surface area contributed by atoms with E-state index in [1.54, 1.807) is 23.3 Å². The molecule has 0 spiro atoms. The molecule has 0 fully saturated rings. The molecule has 1 aromatic heterocycles. The first-order chi connectivity index (χ1) is 16.1. The van der Waals surface area contributed by atoms with Gasteiger partial charge >= 0.3 is 6.03 Å². The van der Waals surface area contributed by atoms with Crippen LogP contribution in [-0.2, 0) is 11.2 Å². The van der Waals surface area contributed by atoms with Gasteiger partial charge in [-0.05, 0) is 69.7 Å². The average Bonchev–Trinajstić information content (AvgIpc) is 3.28. The van der Waals surface area contributed by atoms with Gasteiger partial charge in [-0.3, -0.25) is 4.79 Å². The van der Waals surface area contributed by atoms with Crippen LogP contribution in [0.25, 0.3) is 0 Å².